The van der Waals surface area contributed by atoms with E-state index in [4.69, 9.17) is 5.11 Å². The second kappa shape index (κ2) is 7.87. The summed E-state index contributed by atoms with van der Waals surface area (Å²) in [6.07, 6.45) is -0.360. The summed E-state index contributed by atoms with van der Waals surface area (Å²) in [4.78, 5) is 22.3. The molecule has 0 aliphatic rings. The summed E-state index contributed by atoms with van der Waals surface area (Å²) in [5.74, 6) is -1.92. The van der Waals surface area contributed by atoms with Gasteiger partial charge in [0.25, 0.3) is 10.0 Å². The highest BCUT2D eigenvalue weighted by Gasteiger charge is 2.27. The van der Waals surface area contributed by atoms with E-state index >= 15 is 0 Å². The van der Waals surface area contributed by atoms with Crippen molar-refractivity contribution in [2.24, 2.45) is 0 Å². The molecule has 0 fully saturated rings. The third kappa shape index (κ3) is 5.73. The predicted molar refractivity (Wildman–Crippen MR) is 79.6 cm³/mol. The maximum atomic E-state index is 12.0. The summed E-state index contributed by atoms with van der Waals surface area (Å²) in [7, 11) is -3.94. The summed E-state index contributed by atoms with van der Waals surface area (Å²) in [5, 5.41) is 9.05. The standard InChI is InChI=1S/C11H14BrNO6S2/c1-2-19-9(14)5-3-7(11(15)16)13-21(17,18)10-6-4-8(12)20-10/h4,6-7,13H,2-3,5H2,1H3,(H,15,16)/t7-/m0/s1. The van der Waals surface area contributed by atoms with Crippen molar-refractivity contribution in [1.82, 2.24) is 4.72 Å². The number of esters is 1. The van der Waals surface area contributed by atoms with Crippen LogP contribution in [0.3, 0.4) is 0 Å². The Morgan fingerprint density at radius 2 is 2.14 bits per heavy atom. The molecule has 7 nitrogen and oxygen atoms in total. The molecule has 1 rings (SSSR count). The van der Waals surface area contributed by atoms with E-state index < -0.39 is 28.0 Å². The molecule has 0 spiro atoms. The van der Waals surface area contributed by atoms with Crippen molar-refractivity contribution in [3.63, 3.8) is 0 Å². The number of carboxylic acids is 1. The zero-order chi connectivity index (χ0) is 16.0. The van der Waals surface area contributed by atoms with E-state index in [1.807, 2.05) is 0 Å². The van der Waals surface area contributed by atoms with Crippen LogP contribution in [0.15, 0.2) is 20.1 Å². The molecule has 118 valence electrons. The van der Waals surface area contributed by atoms with Crippen LogP contribution in [0.1, 0.15) is 19.8 Å². The average Bonchev–Trinajstić information content (AvgIpc) is 2.82. The van der Waals surface area contributed by atoms with Crippen molar-refractivity contribution in [3.8, 4) is 0 Å². The first-order valence-electron chi connectivity index (χ1n) is 5.92. The van der Waals surface area contributed by atoms with Gasteiger partial charge in [-0.3, -0.25) is 9.59 Å². The molecule has 0 saturated heterocycles. The van der Waals surface area contributed by atoms with Gasteiger partial charge in [0, 0.05) is 6.42 Å². The summed E-state index contributed by atoms with van der Waals surface area (Å²) in [6.45, 7) is 1.81. The minimum Gasteiger partial charge on any atom is -0.480 e. The monoisotopic (exact) mass is 399 g/mol. The topological polar surface area (TPSA) is 110 Å². The number of hydrogen-bond acceptors (Lipinski definition) is 6. The summed E-state index contributed by atoms with van der Waals surface area (Å²) in [6, 6.07) is 1.52. The fraction of sp³-hybridized carbons (Fsp3) is 0.455. The normalized spacial score (nSPS) is 12.9. The van der Waals surface area contributed by atoms with Gasteiger partial charge in [-0.15, -0.1) is 11.3 Å². The smallest absolute Gasteiger partial charge is 0.321 e. The Bertz CT molecular complexity index is 612. The van der Waals surface area contributed by atoms with Crippen molar-refractivity contribution in [1.29, 1.82) is 0 Å². The van der Waals surface area contributed by atoms with Crippen LogP contribution in [0, 0.1) is 0 Å². The Hall–Kier alpha value is -0.970. The number of hydrogen-bond donors (Lipinski definition) is 2. The number of aliphatic carboxylic acids is 1. The zero-order valence-electron chi connectivity index (χ0n) is 11.0. The van der Waals surface area contributed by atoms with Crippen LogP contribution < -0.4 is 4.72 Å². The van der Waals surface area contributed by atoms with Gasteiger partial charge in [-0.25, -0.2) is 8.42 Å². The van der Waals surface area contributed by atoms with E-state index in [0.717, 1.165) is 11.3 Å². The van der Waals surface area contributed by atoms with Gasteiger partial charge in [-0.1, -0.05) is 0 Å². The van der Waals surface area contributed by atoms with Crippen molar-refractivity contribution in [3.05, 3.63) is 15.9 Å². The van der Waals surface area contributed by atoms with E-state index in [-0.39, 0.29) is 23.7 Å². The molecule has 0 unspecified atom stereocenters. The van der Waals surface area contributed by atoms with Gasteiger partial charge in [-0.05, 0) is 41.4 Å². The second-order valence-corrected chi connectivity index (χ2v) is 8.32. The molecule has 0 aromatic carbocycles. The number of thiophene rings is 1. The highest BCUT2D eigenvalue weighted by atomic mass is 79.9. The molecule has 0 bridgehead atoms. The highest BCUT2D eigenvalue weighted by Crippen LogP contribution is 2.26. The quantitative estimate of drug-likeness (QED) is 0.642. The van der Waals surface area contributed by atoms with Gasteiger partial charge in [0.05, 0.1) is 10.4 Å². The van der Waals surface area contributed by atoms with Crippen LogP contribution in [0.5, 0.6) is 0 Å². The van der Waals surface area contributed by atoms with Gasteiger partial charge in [0.2, 0.25) is 0 Å². The van der Waals surface area contributed by atoms with Gasteiger partial charge >= 0.3 is 11.9 Å². The van der Waals surface area contributed by atoms with Gasteiger partial charge in [0.1, 0.15) is 10.3 Å². The number of carbonyl (C=O) groups is 2. The van der Waals surface area contributed by atoms with Crippen LogP contribution in [0.4, 0.5) is 0 Å². The Kier molecular flexibility index (Phi) is 6.78. The van der Waals surface area contributed by atoms with Crippen molar-refractivity contribution in [2.45, 2.75) is 30.0 Å². The fourth-order valence-corrected chi connectivity index (χ4v) is 4.67. The van der Waals surface area contributed by atoms with Crippen LogP contribution in [0.25, 0.3) is 0 Å². The van der Waals surface area contributed by atoms with Crippen LogP contribution in [0.2, 0.25) is 0 Å². The molecule has 1 atom stereocenters. The summed E-state index contributed by atoms with van der Waals surface area (Å²) < 4.78 is 31.4. The fourth-order valence-electron chi connectivity index (χ4n) is 1.42. The first-order valence-corrected chi connectivity index (χ1v) is 9.01. The number of ether oxygens (including phenoxy) is 1. The average molecular weight is 400 g/mol. The molecule has 0 saturated carbocycles. The molecule has 2 N–H and O–H groups in total. The lowest BCUT2D eigenvalue weighted by Crippen LogP contribution is -2.40. The van der Waals surface area contributed by atoms with Crippen molar-refractivity contribution < 1.29 is 27.9 Å². The molecular formula is C11H14BrNO6S2. The van der Waals surface area contributed by atoms with Gasteiger partial charge in [-0.2, -0.15) is 4.72 Å². The van der Waals surface area contributed by atoms with E-state index in [9.17, 15) is 18.0 Å². The van der Waals surface area contributed by atoms with E-state index in [1.165, 1.54) is 6.07 Å². The number of sulfonamides is 1. The Morgan fingerprint density at radius 3 is 2.62 bits per heavy atom. The Morgan fingerprint density at radius 1 is 1.48 bits per heavy atom. The molecule has 1 heterocycles. The number of halogens is 1. The number of rotatable bonds is 8. The van der Waals surface area contributed by atoms with E-state index in [2.05, 4.69) is 25.4 Å². The molecule has 21 heavy (non-hydrogen) atoms. The molecule has 1 aromatic heterocycles. The molecule has 10 heteroatoms. The SMILES string of the molecule is CCOC(=O)CC[C@H](NS(=O)(=O)c1ccc(Br)s1)C(=O)O. The number of nitrogens with one attached hydrogen (secondary N) is 1. The molecule has 1 aromatic rings. The first-order chi connectivity index (χ1) is 9.76. The second-order valence-electron chi connectivity index (χ2n) is 3.91. The number of carboxylic acid groups (broad SMARTS) is 1. The molecule has 0 radical (unpaired) electrons. The lowest BCUT2D eigenvalue weighted by Gasteiger charge is -2.13. The lowest BCUT2D eigenvalue weighted by atomic mass is 10.2. The molecule has 0 aliphatic heterocycles. The predicted octanol–water partition coefficient (Wildman–Crippen LogP) is 1.59. The van der Waals surface area contributed by atoms with Gasteiger partial charge in [0.15, 0.2) is 0 Å². The third-order valence-corrected chi connectivity index (χ3v) is 5.94. The summed E-state index contributed by atoms with van der Waals surface area (Å²) in [5.41, 5.74) is 0. The van der Waals surface area contributed by atoms with Crippen LogP contribution in [-0.4, -0.2) is 38.1 Å². The molecule has 0 amide bonds. The largest absolute Gasteiger partial charge is 0.480 e. The number of carbonyl (C=O) groups excluding carboxylic acids is 1. The van der Waals surface area contributed by atoms with Crippen molar-refractivity contribution >= 4 is 49.2 Å². The Labute approximate surface area is 134 Å². The maximum absolute atomic E-state index is 12.0. The highest BCUT2D eigenvalue weighted by molar-refractivity contribution is 9.11. The maximum Gasteiger partial charge on any atom is 0.321 e. The lowest BCUT2D eigenvalue weighted by molar-refractivity contribution is -0.144. The zero-order valence-corrected chi connectivity index (χ0v) is 14.3. The minimum atomic E-state index is -3.94. The Balaban J connectivity index is 2.74. The van der Waals surface area contributed by atoms with Crippen molar-refractivity contribution in [2.75, 3.05) is 6.61 Å². The molecular weight excluding hydrogens is 386 g/mol. The first kappa shape index (κ1) is 18.1. The van der Waals surface area contributed by atoms with Crippen LogP contribution in [-0.2, 0) is 24.3 Å². The summed E-state index contributed by atoms with van der Waals surface area (Å²) >= 11 is 4.10. The van der Waals surface area contributed by atoms with E-state index in [1.54, 1.807) is 13.0 Å². The minimum absolute atomic E-state index is 0.00300. The molecule has 0 aliphatic carbocycles. The van der Waals surface area contributed by atoms with Crippen LogP contribution >= 0.6 is 27.3 Å². The van der Waals surface area contributed by atoms with Gasteiger partial charge < -0.3 is 9.84 Å². The van der Waals surface area contributed by atoms with E-state index in [0.29, 0.717) is 3.79 Å². The third-order valence-electron chi connectivity index (χ3n) is 2.35.